The van der Waals surface area contributed by atoms with E-state index in [2.05, 4.69) is 10.3 Å². The van der Waals surface area contributed by atoms with E-state index in [-0.39, 0.29) is 18.4 Å². The molecule has 2 amide bonds. The van der Waals surface area contributed by atoms with E-state index in [1.807, 2.05) is 36.6 Å². The van der Waals surface area contributed by atoms with Crippen LogP contribution in [0.25, 0.3) is 6.08 Å². The second-order valence-electron chi connectivity index (χ2n) is 7.02. The molecule has 0 bridgehead atoms. The van der Waals surface area contributed by atoms with E-state index in [4.69, 9.17) is 9.47 Å². The van der Waals surface area contributed by atoms with Gasteiger partial charge in [0.1, 0.15) is 18.1 Å². The number of nitrogens with one attached hydrogen (secondary N) is 1. The van der Waals surface area contributed by atoms with Crippen LogP contribution in [0.5, 0.6) is 11.5 Å². The van der Waals surface area contributed by atoms with Gasteiger partial charge in [0.15, 0.2) is 0 Å². The first-order valence-electron chi connectivity index (χ1n) is 9.94. The van der Waals surface area contributed by atoms with Gasteiger partial charge in [-0.05, 0) is 55.0 Å². The fourth-order valence-corrected chi connectivity index (χ4v) is 3.37. The number of methoxy groups -OCH3 is 1. The van der Waals surface area contributed by atoms with Crippen molar-refractivity contribution in [2.75, 3.05) is 26.0 Å². The Hall–Kier alpha value is -3.65. The number of amides is 2. The van der Waals surface area contributed by atoms with Crippen LogP contribution in [-0.2, 0) is 16.2 Å². The molecule has 2 aromatic carbocycles. The number of hydrogen-bond acceptors (Lipinski definition) is 6. The molecule has 1 heterocycles. The Morgan fingerprint density at radius 1 is 1.09 bits per heavy atom. The van der Waals surface area contributed by atoms with Crippen molar-refractivity contribution in [3.8, 4) is 11.5 Å². The third-order valence-corrected chi connectivity index (χ3v) is 5.30. The van der Waals surface area contributed by atoms with Crippen LogP contribution in [0.3, 0.4) is 0 Å². The van der Waals surface area contributed by atoms with Gasteiger partial charge in [0.25, 0.3) is 0 Å². The third-order valence-electron chi connectivity index (χ3n) is 4.48. The molecule has 1 N–H and O–H groups in total. The number of benzene rings is 2. The van der Waals surface area contributed by atoms with Crippen molar-refractivity contribution in [3.05, 3.63) is 76.3 Å². The third kappa shape index (κ3) is 6.95. The number of aromatic nitrogens is 1. The van der Waals surface area contributed by atoms with Crippen molar-refractivity contribution in [3.63, 3.8) is 0 Å². The normalized spacial score (nSPS) is 10.7. The quantitative estimate of drug-likeness (QED) is 0.495. The van der Waals surface area contributed by atoms with Crippen molar-refractivity contribution >= 4 is 34.9 Å². The molecule has 0 saturated carbocycles. The number of anilines is 1. The topological polar surface area (TPSA) is 80.8 Å². The first-order chi connectivity index (χ1) is 15.4. The highest BCUT2D eigenvalue weighted by Crippen LogP contribution is 2.17. The molecule has 0 aliphatic heterocycles. The number of carbonyl (C=O) groups excluding carboxylic acids is 2. The molecule has 3 aromatic rings. The predicted molar refractivity (Wildman–Crippen MR) is 126 cm³/mol. The molecule has 0 aliphatic carbocycles. The zero-order valence-corrected chi connectivity index (χ0v) is 19.0. The maximum Gasteiger partial charge on any atom is 0.246 e. The predicted octanol–water partition coefficient (Wildman–Crippen LogP) is 4.15. The summed E-state index contributed by atoms with van der Waals surface area (Å²) in [5, 5.41) is 5.74. The van der Waals surface area contributed by atoms with Crippen LogP contribution >= 0.6 is 11.3 Å². The largest absolute Gasteiger partial charge is 0.497 e. The Morgan fingerprint density at radius 2 is 1.78 bits per heavy atom. The van der Waals surface area contributed by atoms with Gasteiger partial charge in [-0.3, -0.25) is 9.59 Å². The fraction of sp³-hybridized carbons (Fsp3) is 0.208. The van der Waals surface area contributed by atoms with Crippen LogP contribution in [0.1, 0.15) is 16.3 Å². The second kappa shape index (κ2) is 11.1. The van der Waals surface area contributed by atoms with Crippen molar-refractivity contribution < 1.29 is 19.1 Å². The summed E-state index contributed by atoms with van der Waals surface area (Å²) in [6.07, 6.45) is 3.14. The van der Waals surface area contributed by atoms with Gasteiger partial charge in [-0.25, -0.2) is 4.98 Å². The molecular formula is C24H25N3O4S. The summed E-state index contributed by atoms with van der Waals surface area (Å²) in [7, 11) is 3.16. The minimum Gasteiger partial charge on any atom is -0.497 e. The molecule has 3 rings (SSSR count). The Kier molecular flexibility index (Phi) is 7.99. The Labute approximate surface area is 191 Å². The smallest absolute Gasteiger partial charge is 0.246 e. The fourth-order valence-electron chi connectivity index (χ4n) is 2.77. The first-order valence-corrected chi connectivity index (χ1v) is 10.8. The molecule has 0 aliphatic rings. The van der Waals surface area contributed by atoms with E-state index >= 15 is 0 Å². The molecule has 0 unspecified atom stereocenters. The van der Waals surface area contributed by atoms with Gasteiger partial charge in [-0.2, -0.15) is 0 Å². The van der Waals surface area contributed by atoms with E-state index < -0.39 is 0 Å². The lowest BCUT2D eigenvalue weighted by atomic mass is 10.2. The van der Waals surface area contributed by atoms with Crippen LogP contribution in [0.15, 0.2) is 60.0 Å². The first kappa shape index (κ1) is 23.0. The molecular weight excluding hydrogens is 426 g/mol. The van der Waals surface area contributed by atoms with Gasteiger partial charge in [0, 0.05) is 24.2 Å². The molecule has 32 heavy (non-hydrogen) atoms. The van der Waals surface area contributed by atoms with Crippen LogP contribution in [-0.4, -0.2) is 42.4 Å². The number of hydrogen-bond donors (Lipinski definition) is 1. The molecule has 1 aromatic heterocycles. The average molecular weight is 452 g/mol. The highest BCUT2D eigenvalue weighted by atomic mass is 32.1. The highest BCUT2D eigenvalue weighted by molar-refractivity contribution is 7.09. The molecule has 7 nitrogen and oxygen atoms in total. The number of ether oxygens (including phenoxy) is 2. The van der Waals surface area contributed by atoms with E-state index in [1.165, 1.54) is 11.0 Å². The van der Waals surface area contributed by atoms with Crippen LogP contribution in [0, 0.1) is 6.92 Å². The van der Waals surface area contributed by atoms with Gasteiger partial charge < -0.3 is 19.7 Å². The lowest BCUT2D eigenvalue weighted by Crippen LogP contribution is -2.33. The number of likely N-dealkylation sites (N-methyl/N-ethyl adjacent to an activating group) is 1. The van der Waals surface area contributed by atoms with Gasteiger partial charge in [0.2, 0.25) is 11.8 Å². The van der Waals surface area contributed by atoms with Gasteiger partial charge in [-0.15, -0.1) is 11.3 Å². The molecule has 8 heteroatoms. The molecule has 0 radical (unpaired) electrons. The van der Waals surface area contributed by atoms with Gasteiger partial charge in [0.05, 0.1) is 24.4 Å². The van der Waals surface area contributed by atoms with Crippen molar-refractivity contribution in [1.82, 2.24) is 9.88 Å². The standard InChI is InChI=1S/C24H25N3O4S/c1-17-25-20(16-32-17)15-31-22-9-4-18(5-10-22)6-13-24(29)27(2)14-23(28)26-19-7-11-21(30-3)12-8-19/h4-13,16H,14-15H2,1-3H3,(H,26,28)/b13-6+. The second-order valence-corrected chi connectivity index (χ2v) is 8.08. The van der Waals surface area contributed by atoms with Gasteiger partial charge >= 0.3 is 0 Å². The van der Waals surface area contributed by atoms with Crippen LogP contribution < -0.4 is 14.8 Å². The summed E-state index contributed by atoms with van der Waals surface area (Å²) in [4.78, 5) is 30.2. The van der Waals surface area contributed by atoms with Crippen molar-refractivity contribution in [1.29, 1.82) is 0 Å². The SMILES string of the molecule is COc1ccc(NC(=O)CN(C)C(=O)/C=C/c2ccc(OCc3csc(C)n3)cc2)cc1. The molecule has 166 valence electrons. The van der Waals surface area contributed by atoms with Crippen LogP contribution in [0.2, 0.25) is 0 Å². The van der Waals surface area contributed by atoms with E-state index in [0.29, 0.717) is 18.0 Å². The average Bonchev–Trinajstić information content (AvgIpc) is 3.22. The summed E-state index contributed by atoms with van der Waals surface area (Å²) in [5.41, 5.74) is 2.40. The number of rotatable bonds is 9. The maximum atomic E-state index is 12.3. The molecule has 0 spiro atoms. The Morgan fingerprint density at radius 3 is 2.41 bits per heavy atom. The zero-order chi connectivity index (χ0) is 22.9. The number of thiazole rings is 1. The van der Waals surface area contributed by atoms with Crippen LogP contribution in [0.4, 0.5) is 5.69 Å². The maximum absolute atomic E-state index is 12.3. The summed E-state index contributed by atoms with van der Waals surface area (Å²) in [6, 6.07) is 14.4. The molecule has 0 fully saturated rings. The monoisotopic (exact) mass is 451 g/mol. The Bertz CT molecular complexity index is 1080. The summed E-state index contributed by atoms with van der Waals surface area (Å²) < 4.78 is 10.8. The number of carbonyl (C=O) groups is 2. The van der Waals surface area contributed by atoms with Gasteiger partial charge in [-0.1, -0.05) is 12.1 Å². The van der Waals surface area contributed by atoms with E-state index in [0.717, 1.165) is 22.0 Å². The minimum absolute atomic E-state index is 0.0575. The summed E-state index contributed by atoms with van der Waals surface area (Å²) in [5.74, 6) is 0.881. The minimum atomic E-state index is -0.281. The van der Waals surface area contributed by atoms with Crippen molar-refractivity contribution in [2.45, 2.75) is 13.5 Å². The molecule has 0 saturated heterocycles. The lowest BCUT2D eigenvalue weighted by molar-refractivity contribution is -0.129. The number of aryl methyl sites for hydroxylation is 1. The zero-order valence-electron chi connectivity index (χ0n) is 18.2. The summed E-state index contributed by atoms with van der Waals surface area (Å²) >= 11 is 1.59. The number of nitrogens with zero attached hydrogens (tertiary/aromatic N) is 2. The summed E-state index contributed by atoms with van der Waals surface area (Å²) in [6.45, 7) is 2.32. The lowest BCUT2D eigenvalue weighted by Gasteiger charge is -2.15. The van der Waals surface area contributed by atoms with E-state index in [1.54, 1.807) is 55.8 Å². The Balaban J connectivity index is 1.46. The van der Waals surface area contributed by atoms with Crippen molar-refractivity contribution in [2.24, 2.45) is 0 Å². The highest BCUT2D eigenvalue weighted by Gasteiger charge is 2.11. The molecule has 0 atom stereocenters. The van der Waals surface area contributed by atoms with E-state index in [9.17, 15) is 9.59 Å².